The van der Waals surface area contributed by atoms with Crippen LogP contribution in [0, 0.1) is 24.6 Å². The summed E-state index contributed by atoms with van der Waals surface area (Å²) in [6.45, 7) is 1.65. The summed E-state index contributed by atoms with van der Waals surface area (Å²) in [4.78, 5) is 19.0. The van der Waals surface area contributed by atoms with Gasteiger partial charge in [0.05, 0.1) is 21.2 Å². The quantitative estimate of drug-likeness (QED) is 0.362. The van der Waals surface area contributed by atoms with Gasteiger partial charge in [-0.3, -0.25) is 9.71 Å². The van der Waals surface area contributed by atoms with Gasteiger partial charge in [-0.1, -0.05) is 30.0 Å². The molecular formula is C24H15BrFN3O4S. The van der Waals surface area contributed by atoms with Gasteiger partial charge in [0, 0.05) is 29.4 Å². The van der Waals surface area contributed by atoms with E-state index >= 15 is 0 Å². The number of aryl methyl sites for hydroxylation is 1. The van der Waals surface area contributed by atoms with E-state index in [-0.39, 0.29) is 26.3 Å². The van der Waals surface area contributed by atoms with Crippen molar-refractivity contribution in [3.05, 3.63) is 93.6 Å². The molecule has 0 fully saturated rings. The molecule has 0 aliphatic carbocycles. The standard InChI is InChI=1S/C24H15BrFN3O4S/c1-14-4-7-16-3-2-10-27-22(16)23(14)34(32,33)29-21-12-19(26)18(25)11-17(21)8-5-15-6-9-20(24(30)31)28-13-15/h2-4,6-7,9-13,29H,1H3,(H,30,31). The first-order valence-corrected chi connectivity index (χ1v) is 12.0. The molecule has 0 unspecified atom stereocenters. The molecule has 4 rings (SSSR count). The van der Waals surface area contributed by atoms with E-state index in [4.69, 9.17) is 5.11 Å². The van der Waals surface area contributed by atoms with E-state index in [1.807, 2.05) is 0 Å². The topological polar surface area (TPSA) is 109 Å². The number of carboxylic acids is 1. The molecule has 2 heterocycles. The Labute approximate surface area is 202 Å². The van der Waals surface area contributed by atoms with Gasteiger partial charge < -0.3 is 5.11 Å². The van der Waals surface area contributed by atoms with E-state index in [0.717, 1.165) is 6.07 Å². The summed E-state index contributed by atoms with van der Waals surface area (Å²) in [6, 6.07) is 12.1. The van der Waals surface area contributed by atoms with Crippen molar-refractivity contribution < 1.29 is 22.7 Å². The van der Waals surface area contributed by atoms with E-state index in [1.54, 1.807) is 31.2 Å². The number of anilines is 1. The summed E-state index contributed by atoms with van der Waals surface area (Å²) in [5.41, 5.74) is 1.18. The van der Waals surface area contributed by atoms with Crippen LogP contribution in [0.1, 0.15) is 27.2 Å². The van der Waals surface area contributed by atoms with Crippen LogP contribution >= 0.6 is 15.9 Å². The van der Waals surface area contributed by atoms with Crippen molar-refractivity contribution in [1.82, 2.24) is 9.97 Å². The number of carboxylic acid groups (broad SMARTS) is 1. The number of nitrogens with zero attached hydrogens (tertiary/aromatic N) is 2. The summed E-state index contributed by atoms with van der Waals surface area (Å²) in [6.07, 6.45) is 2.78. The number of aromatic nitrogens is 2. The lowest BCUT2D eigenvalue weighted by molar-refractivity contribution is 0.0690. The van der Waals surface area contributed by atoms with Crippen molar-refractivity contribution in [2.75, 3.05) is 4.72 Å². The molecule has 0 radical (unpaired) electrons. The number of carbonyl (C=O) groups is 1. The van der Waals surface area contributed by atoms with Crippen molar-refractivity contribution in [1.29, 1.82) is 0 Å². The summed E-state index contributed by atoms with van der Waals surface area (Å²) in [5.74, 6) is 3.73. The summed E-state index contributed by atoms with van der Waals surface area (Å²) in [7, 11) is -4.16. The largest absolute Gasteiger partial charge is 0.477 e. The summed E-state index contributed by atoms with van der Waals surface area (Å²) < 4.78 is 43.6. The molecule has 7 nitrogen and oxygen atoms in total. The predicted octanol–water partition coefficient (Wildman–Crippen LogP) is 4.74. The van der Waals surface area contributed by atoms with Gasteiger partial charge in [-0.05, 0) is 52.7 Å². The minimum absolute atomic E-state index is 0.0127. The van der Waals surface area contributed by atoms with E-state index < -0.39 is 21.8 Å². The highest BCUT2D eigenvalue weighted by molar-refractivity contribution is 9.10. The predicted molar refractivity (Wildman–Crippen MR) is 129 cm³/mol. The van der Waals surface area contributed by atoms with Gasteiger partial charge in [-0.15, -0.1) is 0 Å². The van der Waals surface area contributed by atoms with Crippen molar-refractivity contribution >= 4 is 48.5 Å². The Kier molecular flexibility index (Phi) is 6.32. The zero-order valence-electron chi connectivity index (χ0n) is 17.5. The van der Waals surface area contributed by atoms with Crippen LogP contribution in [-0.2, 0) is 10.0 Å². The van der Waals surface area contributed by atoms with Crippen LogP contribution < -0.4 is 4.72 Å². The lowest BCUT2D eigenvalue weighted by Crippen LogP contribution is -2.16. The molecule has 0 amide bonds. The number of benzene rings is 2. The maximum absolute atomic E-state index is 14.3. The van der Waals surface area contributed by atoms with E-state index in [1.165, 1.54) is 30.6 Å². The Bertz CT molecular complexity index is 1610. The number of rotatable bonds is 4. The van der Waals surface area contributed by atoms with Gasteiger partial charge in [0.25, 0.3) is 10.0 Å². The third-order valence-electron chi connectivity index (χ3n) is 4.82. The van der Waals surface area contributed by atoms with Gasteiger partial charge in [-0.2, -0.15) is 0 Å². The van der Waals surface area contributed by atoms with Crippen LogP contribution in [-0.4, -0.2) is 29.5 Å². The van der Waals surface area contributed by atoms with Crippen LogP contribution in [0.2, 0.25) is 0 Å². The number of hydrogen-bond donors (Lipinski definition) is 2. The molecule has 0 spiro atoms. The van der Waals surface area contributed by atoms with Crippen molar-refractivity contribution in [3.63, 3.8) is 0 Å². The molecule has 2 aromatic carbocycles. The molecule has 2 aromatic heterocycles. The Morgan fingerprint density at radius 3 is 2.62 bits per heavy atom. The molecule has 10 heteroatoms. The SMILES string of the molecule is Cc1ccc2cccnc2c1S(=O)(=O)Nc1cc(F)c(Br)cc1C#Cc1ccc(C(=O)O)nc1. The van der Waals surface area contributed by atoms with Gasteiger partial charge in [-0.25, -0.2) is 22.6 Å². The number of hydrogen-bond acceptors (Lipinski definition) is 5. The summed E-state index contributed by atoms with van der Waals surface area (Å²) >= 11 is 3.09. The van der Waals surface area contributed by atoms with Gasteiger partial charge >= 0.3 is 5.97 Å². The van der Waals surface area contributed by atoms with E-state index in [2.05, 4.69) is 42.5 Å². The molecular weight excluding hydrogens is 525 g/mol. The molecule has 0 bridgehead atoms. The molecule has 2 N–H and O–H groups in total. The molecule has 4 aromatic rings. The number of fused-ring (bicyclic) bond motifs is 1. The van der Waals surface area contributed by atoms with Crippen molar-refractivity contribution in [2.24, 2.45) is 0 Å². The van der Waals surface area contributed by atoms with Gasteiger partial charge in [0.15, 0.2) is 0 Å². The number of halogens is 2. The van der Waals surface area contributed by atoms with Gasteiger partial charge in [0.1, 0.15) is 16.4 Å². The second kappa shape index (κ2) is 9.21. The minimum Gasteiger partial charge on any atom is -0.477 e. The molecule has 0 aliphatic rings. The first-order chi connectivity index (χ1) is 16.2. The monoisotopic (exact) mass is 539 g/mol. The lowest BCUT2D eigenvalue weighted by atomic mass is 10.1. The van der Waals surface area contributed by atoms with Crippen LogP contribution in [0.25, 0.3) is 10.9 Å². The smallest absolute Gasteiger partial charge is 0.354 e. The molecule has 0 saturated heterocycles. The average molecular weight is 540 g/mol. The van der Waals surface area contributed by atoms with Crippen LogP contribution in [0.4, 0.5) is 10.1 Å². The normalized spacial score (nSPS) is 11.0. The zero-order chi connectivity index (χ0) is 24.5. The molecule has 34 heavy (non-hydrogen) atoms. The van der Waals surface area contributed by atoms with Crippen LogP contribution in [0.5, 0.6) is 0 Å². The van der Waals surface area contributed by atoms with Crippen molar-refractivity contribution in [2.45, 2.75) is 11.8 Å². The minimum atomic E-state index is -4.16. The lowest BCUT2D eigenvalue weighted by Gasteiger charge is -2.14. The fraction of sp³-hybridized carbons (Fsp3) is 0.0417. The number of pyridine rings is 2. The highest BCUT2D eigenvalue weighted by Gasteiger charge is 2.23. The Morgan fingerprint density at radius 2 is 1.91 bits per heavy atom. The highest BCUT2D eigenvalue weighted by Crippen LogP contribution is 2.30. The highest BCUT2D eigenvalue weighted by atomic mass is 79.9. The van der Waals surface area contributed by atoms with Crippen LogP contribution in [0.15, 0.2) is 70.3 Å². The number of aromatic carboxylic acids is 1. The third-order valence-corrected chi connectivity index (χ3v) is 6.97. The Morgan fingerprint density at radius 1 is 1.12 bits per heavy atom. The second-order valence-electron chi connectivity index (χ2n) is 7.19. The third kappa shape index (κ3) is 4.76. The number of nitrogens with one attached hydrogen (secondary N) is 1. The first kappa shape index (κ1) is 23.4. The van der Waals surface area contributed by atoms with Crippen molar-refractivity contribution in [3.8, 4) is 11.8 Å². The Balaban J connectivity index is 1.77. The Hall–Kier alpha value is -3.81. The number of sulfonamides is 1. The van der Waals surface area contributed by atoms with Crippen LogP contribution in [0.3, 0.4) is 0 Å². The first-order valence-electron chi connectivity index (χ1n) is 9.73. The summed E-state index contributed by atoms with van der Waals surface area (Å²) in [5, 5.41) is 9.60. The molecule has 0 saturated carbocycles. The molecule has 170 valence electrons. The molecule has 0 atom stereocenters. The fourth-order valence-electron chi connectivity index (χ4n) is 3.22. The average Bonchev–Trinajstić information content (AvgIpc) is 2.80. The maximum atomic E-state index is 14.3. The van der Waals surface area contributed by atoms with E-state index in [9.17, 15) is 17.6 Å². The van der Waals surface area contributed by atoms with Gasteiger partial charge in [0.2, 0.25) is 0 Å². The second-order valence-corrected chi connectivity index (χ2v) is 9.66. The fourth-order valence-corrected chi connectivity index (χ4v) is 5.04. The maximum Gasteiger partial charge on any atom is 0.354 e. The molecule has 0 aliphatic heterocycles. The van der Waals surface area contributed by atoms with E-state index in [0.29, 0.717) is 22.0 Å². The zero-order valence-corrected chi connectivity index (χ0v) is 19.9.